The van der Waals surface area contributed by atoms with Crippen molar-refractivity contribution in [1.82, 2.24) is 9.88 Å². The van der Waals surface area contributed by atoms with Crippen molar-refractivity contribution in [2.24, 2.45) is 0 Å². The quantitative estimate of drug-likeness (QED) is 0.824. The van der Waals surface area contributed by atoms with Gasteiger partial charge in [-0.1, -0.05) is 6.07 Å². The van der Waals surface area contributed by atoms with Crippen LogP contribution in [0.3, 0.4) is 0 Å². The lowest BCUT2D eigenvalue weighted by Gasteiger charge is -2.47. The third kappa shape index (κ3) is 3.48. The molecule has 0 aliphatic carbocycles. The minimum Gasteiger partial charge on any atom is -0.373 e. The van der Waals surface area contributed by atoms with Crippen molar-refractivity contribution in [3.63, 3.8) is 0 Å². The number of ether oxygens (including phenoxy) is 1. The maximum Gasteiger partial charge on any atom is 0.0736 e. The molecule has 4 rings (SSSR count). The number of thiophene rings is 1. The predicted molar refractivity (Wildman–Crippen MR) is 97.0 cm³/mol. The smallest absolute Gasteiger partial charge is 0.0736 e. The minimum atomic E-state index is 0.394. The van der Waals surface area contributed by atoms with Crippen molar-refractivity contribution in [1.29, 1.82) is 0 Å². The zero-order valence-electron chi connectivity index (χ0n) is 13.4. The summed E-state index contributed by atoms with van der Waals surface area (Å²) in [5.74, 6) is 1.13. The molecule has 23 heavy (non-hydrogen) atoms. The van der Waals surface area contributed by atoms with Crippen LogP contribution in [0.25, 0.3) is 0 Å². The zero-order chi connectivity index (χ0) is 15.7. The Labute approximate surface area is 146 Å². The molecule has 2 saturated heterocycles. The Balaban J connectivity index is 1.24. The van der Waals surface area contributed by atoms with E-state index in [4.69, 9.17) is 4.74 Å². The van der Waals surface area contributed by atoms with Crippen LogP contribution in [0.1, 0.15) is 22.4 Å². The fourth-order valence-electron chi connectivity index (χ4n) is 3.48. The van der Waals surface area contributed by atoms with Crippen LogP contribution < -0.4 is 0 Å². The minimum absolute atomic E-state index is 0.394. The van der Waals surface area contributed by atoms with Gasteiger partial charge in [-0.25, -0.2) is 0 Å². The lowest BCUT2D eigenvalue weighted by atomic mass is 9.93. The second-order valence-electron chi connectivity index (χ2n) is 6.66. The Morgan fingerprint density at radius 2 is 2.30 bits per heavy atom. The normalized spacial score (nSPS) is 23.3. The number of nitrogens with zero attached hydrogens (tertiary/aromatic N) is 2. The molecule has 0 bridgehead atoms. The van der Waals surface area contributed by atoms with Gasteiger partial charge in [-0.2, -0.15) is 0 Å². The van der Waals surface area contributed by atoms with Gasteiger partial charge in [-0.3, -0.25) is 9.88 Å². The number of hydrogen-bond donors (Lipinski definition) is 0. The summed E-state index contributed by atoms with van der Waals surface area (Å²) in [6.45, 7) is 6.44. The van der Waals surface area contributed by atoms with Gasteiger partial charge in [-0.05, 0) is 42.0 Å². The number of rotatable bonds is 5. The summed E-state index contributed by atoms with van der Waals surface area (Å²) in [5.41, 5.74) is 2.61. The molecule has 0 saturated carbocycles. The van der Waals surface area contributed by atoms with E-state index in [2.05, 4.69) is 46.1 Å². The average Bonchev–Trinajstić information content (AvgIpc) is 3.13. The molecular weight excluding hydrogens is 324 g/mol. The largest absolute Gasteiger partial charge is 0.373 e. The van der Waals surface area contributed by atoms with E-state index in [9.17, 15) is 0 Å². The molecule has 2 aromatic rings. The third-order valence-electron chi connectivity index (χ3n) is 4.74. The number of hydrogen-bond acceptors (Lipinski definition) is 5. The Bertz CT molecular complexity index is 652. The molecule has 0 unspecified atom stereocenters. The first kappa shape index (κ1) is 15.6. The van der Waals surface area contributed by atoms with E-state index in [-0.39, 0.29) is 0 Å². The Hall–Kier alpha value is -0.880. The van der Waals surface area contributed by atoms with Crippen LogP contribution in [0.15, 0.2) is 36.0 Å². The van der Waals surface area contributed by atoms with Crippen LogP contribution in [0.5, 0.6) is 0 Å². The molecule has 0 radical (unpaired) electrons. The summed E-state index contributed by atoms with van der Waals surface area (Å²) in [5, 5.41) is 2.20. The number of thioether (sulfide) groups is 1. The second-order valence-corrected chi connectivity index (χ2v) is 9.15. The monoisotopic (exact) mass is 346 g/mol. The molecule has 3 nitrogen and oxygen atoms in total. The molecule has 2 aliphatic rings. The molecule has 1 atom stereocenters. The van der Waals surface area contributed by atoms with Crippen molar-refractivity contribution in [3.05, 3.63) is 52.0 Å². The number of aromatic nitrogens is 1. The highest BCUT2D eigenvalue weighted by Gasteiger charge is 2.49. The van der Waals surface area contributed by atoms with Crippen LogP contribution in [-0.2, 0) is 17.9 Å². The summed E-state index contributed by atoms with van der Waals surface area (Å²) in [6.07, 6.45) is 5.29. The van der Waals surface area contributed by atoms with E-state index < -0.39 is 0 Å². The second kappa shape index (κ2) is 6.55. The van der Waals surface area contributed by atoms with E-state index in [0.29, 0.717) is 17.5 Å². The molecule has 5 heteroatoms. The fraction of sp³-hybridized carbons (Fsp3) is 0.500. The van der Waals surface area contributed by atoms with Gasteiger partial charge in [0.25, 0.3) is 0 Å². The Kier molecular flexibility index (Phi) is 4.46. The van der Waals surface area contributed by atoms with Crippen molar-refractivity contribution in [2.75, 3.05) is 18.8 Å². The molecular formula is C18H22N2OS2. The first-order valence-electron chi connectivity index (χ1n) is 8.12. The van der Waals surface area contributed by atoms with Gasteiger partial charge in [0.15, 0.2) is 0 Å². The molecule has 4 heterocycles. The number of likely N-dealkylation sites (tertiary alicyclic amines) is 1. The van der Waals surface area contributed by atoms with Crippen LogP contribution in [-0.4, -0.2) is 39.6 Å². The topological polar surface area (TPSA) is 25.4 Å². The van der Waals surface area contributed by atoms with Gasteiger partial charge in [-0.15, -0.1) is 23.1 Å². The Morgan fingerprint density at radius 1 is 1.39 bits per heavy atom. The summed E-state index contributed by atoms with van der Waals surface area (Å²) < 4.78 is 6.55. The van der Waals surface area contributed by atoms with Crippen molar-refractivity contribution in [2.45, 2.75) is 37.3 Å². The van der Waals surface area contributed by atoms with Crippen LogP contribution >= 0.6 is 23.1 Å². The third-order valence-corrected chi connectivity index (χ3v) is 7.33. The summed E-state index contributed by atoms with van der Waals surface area (Å²) in [6, 6.07) is 6.28. The van der Waals surface area contributed by atoms with Crippen molar-refractivity contribution >= 4 is 23.1 Å². The number of aryl methyl sites for hydroxylation is 1. The van der Waals surface area contributed by atoms with Gasteiger partial charge in [0.05, 0.1) is 12.7 Å². The van der Waals surface area contributed by atoms with Crippen LogP contribution in [0.2, 0.25) is 0 Å². The van der Waals surface area contributed by atoms with E-state index in [1.807, 2.05) is 29.8 Å². The highest BCUT2D eigenvalue weighted by atomic mass is 32.2. The van der Waals surface area contributed by atoms with Gasteiger partial charge >= 0.3 is 0 Å². The highest BCUT2D eigenvalue weighted by molar-refractivity contribution is 8.01. The first-order valence-corrected chi connectivity index (χ1v) is 9.99. The van der Waals surface area contributed by atoms with E-state index in [1.165, 1.54) is 35.5 Å². The SMILES string of the molecule is Cc1ccsc1CN1CC2(C[C@H](OCc3cccnc3)CS2)C1. The van der Waals surface area contributed by atoms with E-state index in [1.54, 1.807) is 0 Å². The predicted octanol–water partition coefficient (Wildman–Crippen LogP) is 3.73. The fourth-order valence-corrected chi connectivity index (χ4v) is 6.03. The zero-order valence-corrected chi connectivity index (χ0v) is 15.0. The van der Waals surface area contributed by atoms with Crippen LogP contribution in [0, 0.1) is 6.92 Å². The number of pyridine rings is 1. The molecule has 0 amide bonds. The molecule has 122 valence electrons. The molecule has 1 spiro atoms. The maximum atomic E-state index is 6.10. The lowest BCUT2D eigenvalue weighted by molar-refractivity contribution is 0.0265. The summed E-state index contributed by atoms with van der Waals surface area (Å²) in [7, 11) is 0. The van der Waals surface area contributed by atoms with Crippen molar-refractivity contribution in [3.8, 4) is 0 Å². The average molecular weight is 347 g/mol. The highest BCUT2D eigenvalue weighted by Crippen LogP contribution is 2.46. The molecule has 2 aromatic heterocycles. The summed E-state index contributed by atoms with van der Waals surface area (Å²) >= 11 is 4.00. The Morgan fingerprint density at radius 3 is 3.04 bits per heavy atom. The summed E-state index contributed by atoms with van der Waals surface area (Å²) in [4.78, 5) is 8.25. The van der Waals surface area contributed by atoms with Crippen LogP contribution in [0.4, 0.5) is 0 Å². The van der Waals surface area contributed by atoms with Crippen molar-refractivity contribution < 1.29 is 4.74 Å². The van der Waals surface area contributed by atoms with E-state index in [0.717, 1.165) is 12.3 Å². The van der Waals surface area contributed by atoms with Gasteiger partial charge in [0.2, 0.25) is 0 Å². The van der Waals surface area contributed by atoms with Gasteiger partial charge in [0.1, 0.15) is 0 Å². The lowest BCUT2D eigenvalue weighted by Crippen LogP contribution is -2.58. The molecule has 2 fully saturated rings. The molecule has 0 N–H and O–H groups in total. The first-order chi connectivity index (χ1) is 11.2. The molecule has 2 aliphatic heterocycles. The standard InChI is InChI=1S/C18H22N2OS2/c1-14-4-6-22-17(14)9-20-12-18(13-20)7-16(11-23-18)21-10-15-3-2-5-19-8-15/h2-6,8,16H,7,9-13H2,1H3/t16-/m0/s1. The van der Waals surface area contributed by atoms with Gasteiger partial charge in [0, 0.05) is 47.4 Å². The maximum absolute atomic E-state index is 6.10. The van der Waals surface area contributed by atoms with Gasteiger partial charge < -0.3 is 4.74 Å². The van der Waals surface area contributed by atoms with E-state index >= 15 is 0 Å². The molecule has 0 aromatic carbocycles.